The third kappa shape index (κ3) is 5.13. The standard InChI is InChI=1S/C27H25F3O3/c1-2-3-14-32-24-12-11-22(26(29)27(24)30)18-6-4-17(5-7-18)19-8-10-21(23(28)15-19)20-9-13-25(31)33-16-20/h2-8,10-12,15,20,25,31H,9,13-14,16H2,1H3/b3-2+. The summed E-state index contributed by atoms with van der Waals surface area (Å²) in [5.74, 6) is -2.57. The average molecular weight is 454 g/mol. The Bertz CT molecular complexity index is 1130. The van der Waals surface area contributed by atoms with Crippen LogP contribution in [0.4, 0.5) is 13.2 Å². The van der Waals surface area contributed by atoms with E-state index in [1.54, 1.807) is 42.5 Å². The van der Waals surface area contributed by atoms with Crippen LogP contribution < -0.4 is 4.74 Å². The molecular formula is C27H25F3O3. The maximum absolute atomic E-state index is 14.8. The highest BCUT2D eigenvalue weighted by Gasteiger charge is 2.24. The lowest BCUT2D eigenvalue weighted by atomic mass is 9.91. The van der Waals surface area contributed by atoms with Crippen molar-refractivity contribution >= 4 is 0 Å². The Kier molecular flexibility index (Phi) is 7.16. The molecule has 1 saturated heterocycles. The molecule has 0 spiro atoms. The molecule has 2 unspecified atom stereocenters. The molecule has 0 aliphatic carbocycles. The molecule has 1 heterocycles. The minimum atomic E-state index is -1.03. The fraction of sp³-hybridized carbons (Fsp3) is 0.259. The van der Waals surface area contributed by atoms with Crippen LogP contribution in [0, 0.1) is 17.5 Å². The third-order valence-electron chi connectivity index (χ3n) is 5.84. The van der Waals surface area contributed by atoms with Gasteiger partial charge in [0, 0.05) is 11.5 Å². The van der Waals surface area contributed by atoms with Crippen LogP contribution in [-0.2, 0) is 4.74 Å². The minimum absolute atomic E-state index is 0.0901. The van der Waals surface area contributed by atoms with Gasteiger partial charge >= 0.3 is 0 Å². The van der Waals surface area contributed by atoms with Gasteiger partial charge in [-0.15, -0.1) is 0 Å². The molecule has 2 atom stereocenters. The van der Waals surface area contributed by atoms with Gasteiger partial charge in [-0.2, -0.15) is 4.39 Å². The first-order chi connectivity index (χ1) is 16.0. The molecule has 3 nitrogen and oxygen atoms in total. The zero-order valence-corrected chi connectivity index (χ0v) is 18.2. The van der Waals surface area contributed by atoms with Crippen molar-refractivity contribution in [2.45, 2.75) is 32.0 Å². The van der Waals surface area contributed by atoms with Crippen molar-refractivity contribution in [3.63, 3.8) is 0 Å². The highest BCUT2D eigenvalue weighted by Crippen LogP contribution is 2.34. The second kappa shape index (κ2) is 10.2. The van der Waals surface area contributed by atoms with Crippen LogP contribution in [0.25, 0.3) is 22.3 Å². The summed E-state index contributed by atoms with van der Waals surface area (Å²) in [7, 11) is 0. The van der Waals surface area contributed by atoms with E-state index in [4.69, 9.17) is 9.47 Å². The van der Waals surface area contributed by atoms with Crippen LogP contribution in [0.2, 0.25) is 0 Å². The van der Waals surface area contributed by atoms with Crippen LogP contribution in [0.1, 0.15) is 31.2 Å². The molecule has 0 saturated carbocycles. The summed E-state index contributed by atoms with van der Waals surface area (Å²) in [5.41, 5.74) is 2.63. The van der Waals surface area contributed by atoms with Gasteiger partial charge < -0.3 is 14.6 Å². The van der Waals surface area contributed by atoms with Gasteiger partial charge in [-0.05, 0) is 60.2 Å². The lowest BCUT2D eigenvalue weighted by Crippen LogP contribution is -2.24. The van der Waals surface area contributed by atoms with Crippen LogP contribution in [0.3, 0.4) is 0 Å². The van der Waals surface area contributed by atoms with Gasteiger partial charge in [0.1, 0.15) is 12.4 Å². The van der Waals surface area contributed by atoms with E-state index >= 15 is 0 Å². The van der Waals surface area contributed by atoms with Gasteiger partial charge in [0.15, 0.2) is 17.9 Å². The van der Waals surface area contributed by atoms with Crippen LogP contribution >= 0.6 is 0 Å². The van der Waals surface area contributed by atoms with E-state index in [1.165, 1.54) is 18.2 Å². The summed E-state index contributed by atoms with van der Waals surface area (Å²) in [5, 5.41) is 9.46. The molecule has 0 bridgehead atoms. The number of aliphatic hydroxyl groups excluding tert-OH is 1. The van der Waals surface area contributed by atoms with E-state index in [2.05, 4.69) is 0 Å². The second-order valence-electron chi connectivity index (χ2n) is 8.00. The van der Waals surface area contributed by atoms with Crippen LogP contribution in [-0.4, -0.2) is 24.6 Å². The summed E-state index contributed by atoms with van der Waals surface area (Å²) in [6, 6.07) is 14.8. The van der Waals surface area contributed by atoms with Crippen molar-refractivity contribution in [1.29, 1.82) is 0 Å². The van der Waals surface area contributed by atoms with E-state index in [9.17, 15) is 18.3 Å². The van der Waals surface area contributed by atoms with Crippen molar-refractivity contribution in [3.8, 4) is 28.0 Å². The van der Waals surface area contributed by atoms with Crippen molar-refractivity contribution in [1.82, 2.24) is 0 Å². The molecular weight excluding hydrogens is 429 g/mol. The van der Waals surface area contributed by atoms with Crippen molar-refractivity contribution in [2.75, 3.05) is 13.2 Å². The minimum Gasteiger partial charge on any atom is -0.486 e. The Hall–Kier alpha value is -3.09. The predicted molar refractivity (Wildman–Crippen MR) is 121 cm³/mol. The molecule has 33 heavy (non-hydrogen) atoms. The largest absolute Gasteiger partial charge is 0.486 e. The number of allylic oxidation sites excluding steroid dienone is 1. The fourth-order valence-electron chi connectivity index (χ4n) is 3.96. The van der Waals surface area contributed by atoms with Gasteiger partial charge in [-0.25, -0.2) is 8.78 Å². The molecule has 0 aromatic heterocycles. The molecule has 3 aromatic rings. The Morgan fingerprint density at radius 3 is 2.33 bits per heavy atom. The highest BCUT2D eigenvalue weighted by molar-refractivity contribution is 5.71. The quantitative estimate of drug-likeness (QED) is 0.426. The van der Waals surface area contributed by atoms with Crippen LogP contribution in [0.15, 0.2) is 66.7 Å². The number of hydrogen-bond donors (Lipinski definition) is 1. The summed E-state index contributed by atoms with van der Waals surface area (Å²) >= 11 is 0. The molecule has 1 N–H and O–H groups in total. The molecule has 1 fully saturated rings. The normalized spacial score (nSPS) is 18.6. The third-order valence-corrected chi connectivity index (χ3v) is 5.84. The lowest BCUT2D eigenvalue weighted by Gasteiger charge is -2.26. The van der Waals surface area contributed by atoms with E-state index in [0.29, 0.717) is 29.5 Å². The first-order valence-electron chi connectivity index (χ1n) is 10.9. The van der Waals surface area contributed by atoms with E-state index in [0.717, 1.165) is 5.56 Å². The van der Waals surface area contributed by atoms with Gasteiger partial charge in [0.25, 0.3) is 0 Å². The smallest absolute Gasteiger partial charge is 0.201 e. The number of benzene rings is 3. The molecule has 0 radical (unpaired) electrons. The SMILES string of the molecule is C/C=C/COc1ccc(-c2ccc(-c3ccc(C4CCC(O)OC4)c(F)c3)cc2)c(F)c1F. The first kappa shape index (κ1) is 23.1. The summed E-state index contributed by atoms with van der Waals surface area (Å²) in [6.45, 7) is 2.26. The number of ether oxygens (including phenoxy) is 2. The molecule has 1 aliphatic heterocycles. The first-order valence-corrected chi connectivity index (χ1v) is 10.9. The fourth-order valence-corrected chi connectivity index (χ4v) is 3.96. The summed E-state index contributed by atoms with van der Waals surface area (Å²) in [4.78, 5) is 0. The van der Waals surface area contributed by atoms with Crippen molar-refractivity contribution in [3.05, 3.63) is 89.8 Å². The molecule has 6 heteroatoms. The molecule has 3 aromatic carbocycles. The number of halogens is 3. The van der Waals surface area contributed by atoms with Crippen molar-refractivity contribution < 1.29 is 27.8 Å². The number of hydrogen-bond acceptors (Lipinski definition) is 3. The zero-order valence-electron chi connectivity index (χ0n) is 18.2. The van der Waals surface area contributed by atoms with Gasteiger partial charge in [0.05, 0.1) is 6.61 Å². The summed E-state index contributed by atoms with van der Waals surface area (Å²) < 4.78 is 54.3. The average Bonchev–Trinajstić information content (AvgIpc) is 2.83. The predicted octanol–water partition coefficient (Wildman–Crippen LogP) is 6.61. The Balaban J connectivity index is 1.53. The Morgan fingerprint density at radius 1 is 0.939 bits per heavy atom. The van der Waals surface area contributed by atoms with Crippen LogP contribution in [0.5, 0.6) is 5.75 Å². The maximum Gasteiger partial charge on any atom is 0.201 e. The van der Waals surface area contributed by atoms with Gasteiger partial charge in [-0.3, -0.25) is 0 Å². The second-order valence-corrected chi connectivity index (χ2v) is 8.00. The monoisotopic (exact) mass is 454 g/mol. The Labute approximate surface area is 191 Å². The Morgan fingerprint density at radius 2 is 1.67 bits per heavy atom. The lowest BCUT2D eigenvalue weighted by molar-refractivity contribution is -0.130. The zero-order chi connectivity index (χ0) is 23.4. The molecule has 172 valence electrons. The molecule has 1 aliphatic rings. The number of rotatable bonds is 6. The maximum atomic E-state index is 14.8. The van der Waals surface area contributed by atoms with E-state index in [-0.39, 0.29) is 36.3 Å². The molecule has 0 amide bonds. The van der Waals surface area contributed by atoms with Gasteiger partial charge in [-0.1, -0.05) is 48.6 Å². The van der Waals surface area contributed by atoms with E-state index < -0.39 is 17.9 Å². The summed E-state index contributed by atoms with van der Waals surface area (Å²) in [6.07, 6.45) is 3.83. The van der Waals surface area contributed by atoms with Crippen molar-refractivity contribution in [2.24, 2.45) is 0 Å². The highest BCUT2D eigenvalue weighted by atomic mass is 19.2. The number of aliphatic hydroxyl groups is 1. The van der Waals surface area contributed by atoms with E-state index in [1.807, 2.05) is 13.0 Å². The molecule has 4 rings (SSSR count). The topological polar surface area (TPSA) is 38.7 Å². The van der Waals surface area contributed by atoms with Gasteiger partial charge in [0.2, 0.25) is 5.82 Å².